The molecule has 122 valence electrons. The van der Waals surface area contributed by atoms with Gasteiger partial charge in [-0.05, 0) is 17.7 Å². The first kappa shape index (κ1) is 15.8. The zero-order valence-corrected chi connectivity index (χ0v) is 13.7. The Morgan fingerprint density at radius 2 is 1.96 bits per heavy atom. The summed E-state index contributed by atoms with van der Waals surface area (Å²) in [5.41, 5.74) is 9.32. The molecule has 5 heteroatoms. The van der Waals surface area contributed by atoms with Crippen LogP contribution < -0.4 is 5.73 Å². The Balaban J connectivity index is 1.65. The molecule has 0 radical (unpaired) electrons. The number of nitrogens with two attached hydrogens (primary N) is 1. The molecule has 3 rings (SSSR count). The predicted octanol–water partition coefficient (Wildman–Crippen LogP) is 1.64. The third kappa shape index (κ3) is 3.46. The topological polar surface area (TPSA) is 65.4 Å². The first-order valence-electron chi connectivity index (χ1n) is 7.97. The Labute approximate surface area is 137 Å². The third-order valence-electron chi connectivity index (χ3n) is 4.45. The van der Waals surface area contributed by atoms with Crippen LogP contribution in [0.2, 0.25) is 0 Å². The van der Waals surface area contributed by atoms with E-state index < -0.39 is 0 Å². The van der Waals surface area contributed by atoms with Gasteiger partial charge in [-0.3, -0.25) is 9.69 Å². The molecule has 5 nitrogen and oxygen atoms in total. The van der Waals surface area contributed by atoms with Gasteiger partial charge in [0.05, 0.1) is 0 Å². The molecule has 0 aliphatic carbocycles. The highest BCUT2D eigenvalue weighted by atomic mass is 16.2. The summed E-state index contributed by atoms with van der Waals surface area (Å²) < 4.78 is 0. The van der Waals surface area contributed by atoms with Gasteiger partial charge in [0.25, 0.3) is 5.91 Å². The van der Waals surface area contributed by atoms with E-state index in [1.165, 1.54) is 5.56 Å². The van der Waals surface area contributed by atoms with Gasteiger partial charge in [0.2, 0.25) is 0 Å². The molecule has 1 aromatic carbocycles. The van der Waals surface area contributed by atoms with Gasteiger partial charge in [0, 0.05) is 51.4 Å². The highest BCUT2D eigenvalue weighted by Crippen LogP contribution is 2.27. The van der Waals surface area contributed by atoms with Crippen molar-refractivity contribution < 1.29 is 4.79 Å². The summed E-state index contributed by atoms with van der Waals surface area (Å²) in [6.45, 7) is 2.61. The Hall–Kier alpha value is -2.11. The lowest BCUT2D eigenvalue weighted by atomic mass is 9.95. The van der Waals surface area contributed by atoms with Crippen molar-refractivity contribution >= 4 is 5.91 Å². The zero-order chi connectivity index (χ0) is 16.4. The van der Waals surface area contributed by atoms with Crippen molar-refractivity contribution in [3.8, 4) is 0 Å². The van der Waals surface area contributed by atoms with Crippen LogP contribution in [-0.4, -0.2) is 53.9 Å². The molecule has 1 amide bonds. The maximum atomic E-state index is 11.9. The number of H-pyrrole nitrogens is 1. The third-order valence-corrected chi connectivity index (χ3v) is 4.45. The largest absolute Gasteiger partial charge is 0.353 e. The molecule has 23 heavy (non-hydrogen) atoms. The number of hydrogen-bond donors (Lipinski definition) is 2. The molecule has 2 heterocycles. The molecule has 0 unspecified atom stereocenters. The fourth-order valence-electron chi connectivity index (χ4n) is 3.23. The average molecular weight is 312 g/mol. The maximum Gasteiger partial charge on any atom is 0.269 e. The lowest BCUT2D eigenvalue weighted by molar-refractivity contribution is 0.0822. The van der Waals surface area contributed by atoms with E-state index in [0.717, 1.165) is 25.3 Å². The lowest BCUT2D eigenvalue weighted by Crippen LogP contribution is -2.28. The van der Waals surface area contributed by atoms with E-state index >= 15 is 0 Å². The van der Waals surface area contributed by atoms with E-state index in [-0.39, 0.29) is 11.9 Å². The summed E-state index contributed by atoms with van der Waals surface area (Å²) >= 11 is 0. The summed E-state index contributed by atoms with van der Waals surface area (Å²) in [5.74, 6) is 0.366. The van der Waals surface area contributed by atoms with Gasteiger partial charge in [-0.15, -0.1) is 0 Å². The molecule has 2 atom stereocenters. The number of likely N-dealkylation sites (tertiary alicyclic amines) is 1. The molecule has 2 aromatic rings. The number of carbonyl (C=O) groups excluding carboxylic acids is 1. The fourth-order valence-corrected chi connectivity index (χ4v) is 3.23. The SMILES string of the molecule is CN(C)C(=O)c1ccc(CN2C[C@@H](N)[C@H](c3ccccc3)C2)[nH]1. The summed E-state index contributed by atoms with van der Waals surface area (Å²) in [4.78, 5) is 19.1. The van der Waals surface area contributed by atoms with Crippen LogP contribution in [0.5, 0.6) is 0 Å². The number of aromatic amines is 1. The van der Waals surface area contributed by atoms with Crippen molar-refractivity contribution in [1.82, 2.24) is 14.8 Å². The van der Waals surface area contributed by atoms with Gasteiger partial charge < -0.3 is 15.6 Å². The van der Waals surface area contributed by atoms with E-state index in [1.807, 2.05) is 18.2 Å². The standard InChI is InChI=1S/C18H24N4O/c1-21(2)18(23)17-9-8-14(20-17)10-22-11-15(16(19)12-22)13-6-4-3-5-7-13/h3-9,15-16,20H,10-12,19H2,1-2H3/t15-,16+/m0/s1. The van der Waals surface area contributed by atoms with Crippen molar-refractivity contribution in [3.05, 3.63) is 59.4 Å². The van der Waals surface area contributed by atoms with Gasteiger partial charge >= 0.3 is 0 Å². The quantitative estimate of drug-likeness (QED) is 0.902. The lowest BCUT2D eigenvalue weighted by Gasteiger charge is -2.15. The molecule has 1 aliphatic heterocycles. The minimum absolute atomic E-state index is 0.00321. The predicted molar refractivity (Wildman–Crippen MR) is 91.2 cm³/mol. The number of rotatable bonds is 4. The highest BCUT2D eigenvalue weighted by molar-refractivity contribution is 5.92. The minimum Gasteiger partial charge on any atom is -0.353 e. The molecule has 0 spiro atoms. The Kier molecular flexibility index (Phi) is 4.50. The molecular formula is C18H24N4O. The van der Waals surface area contributed by atoms with Crippen LogP contribution in [0.4, 0.5) is 0 Å². The van der Waals surface area contributed by atoms with E-state index in [9.17, 15) is 4.79 Å². The van der Waals surface area contributed by atoms with Crippen LogP contribution in [0.25, 0.3) is 0 Å². The van der Waals surface area contributed by atoms with Crippen LogP contribution in [0.3, 0.4) is 0 Å². The van der Waals surface area contributed by atoms with Gasteiger partial charge in [-0.2, -0.15) is 0 Å². The summed E-state index contributed by atoms with van der Waals surface area (Å²) in [6, 6.07) is 14.4. The van der Waals surface area contributed by atoms with E-state index in [0.29, 0.717) is 11.6 Å². The Morgan fingerprint density at radius 3 is 2.65 bits per heavy atom. The van der Waals surface area contributed by atoms with Gasteiger partial charge in [0.1, 0.15) is 5.69 Å². The van der Waals surface area contributed by atoms with Crippen LogP contribution in [-0.2, 0) is 6.54 Å². The fraction of sp³-hybridized carbons (Fsp3) is 0.389. The molecular weight excluding hydrogens is 288 g/mol. The molecule has 1 aromatic heterocycles. The number of carbonyl (C=O) groups is 1. The van der Waals surface area contributed by atoms with E-state index in [1.54, 1.807) is 19.0 Å². The summed E-state index contributed by atoms with van der Waals surface area (Å²) in [5, 5.41) is 0. The van der Waals surface area contributed by atoms with E-state index in [4.69, 9.17) is 5.73 Å². The number of aromatic nitrogens is 1. The molecule has 1 aliphatic rings. The molecule has 1 saturated heterocycles. The second-order valence-electron chi connectivity index (χ2n) is 6.47. The molecule has 1 fully saturated rings. The second kappa shape index (κ2) is 6.56. The normalized spacial score (nSPS) is 21.5. The summed E-state index contributed by atoms with van der Waals surface area (Å²) in [7, 11) is 3.51. The molecule has 0 bridgehead atoms. The maximum absolute atomic E-state index is 11.9. The van der Waals surface area contributed by atoms with Crippen LogP contribution in [0.1, 0.15) is 27.7 Å². The average Bonchev–Trinajstić information content (AvgIpc) is 3.14. The number of hydrogen-bond acceptors (Lipinski definition) is 3. The van der Waals surface area contributed by atoms with Crippen molar-refractivity contribution in [1.29, 1.82) is 0 Å². The first-order chi connectivity index (χ1) is 11.0. The monoisotopic (exact) mass is 312 g/mol. The second-order valence-corrected chi connectivity index (χ2v) is 6.47. The molecule has 3 N–H and O–H groups in total. The Bertz CT molecular complexity index is 665. The summed E-state index contributed by atoms with van der Waals surface area (Å²) in [6.07, 6.45) is 0. The first-order valence-corrected chi connectivity index (χ1v) is 7.97. The smallest absolute Gasteiger partial charge is 0.269 e. The van der Waals surface area contributed by atoms with Gasteiger partial charge in [0.15, 0.2) is 0 Å². The van der Waals surface area contributed by atoms with Gasteiger partial charge in [-0.1, -0.05) is 30.3 Å². The van der Waals surface area contributed by atoms with E-state index in [2.05, 4.69) is 34.1 Å². The molecule has 0 saturated carbocycles. The number of amides is 1. The number of nitrogens with one attached hydrogen (secondary N) is 1. The van der Waals surface area contributed by atoms with Crippen molar-refractivity contribution in [2.24, 2.45) is 5.73 Å². The zero-order valence-electron chi connectivity index (χ0n) is 13.7. The highest BCUT2D eigenvalue weighted by Gasteiger charge is 2.31. The van der Waals surface area contributed by atoms with Crippen LogP contribution in [0.15, 0.2) is 42.5 Å². The number of nitrogens with zero attached hydrogens (tertiary/aromatic N) is 2. The minimum atomic E-state index is -0.00321. The Morgan fingerprint density at radius 1 is 1.22 bits per heavy atom. The van der Waals surface area contributed by atoms with Gasteiger partial charge in [-0.25, -0.2) is 0 Å². The van der Waals surface area contributed by atoms with Crippen molar-refractivity contribution in [2.45, 2.75) is 18.5 Å². The number of benzene rings is 1. The van der Waals surface area contributed by atoms with Crippen molar-refractivity contribution in [3.63, 3.8) is 0 Å². The van der Waals surface area contributed by atoms with Crippen LogP contribution in [0, 0.1) is 0 Å². The van der Waals surface area contributed by atoms with Crippen LogP contribution >= 0.6 is 0 Å². The van der Waals surface area contributed by atoms with Crippen molar-refractivity contribution in [2.75, 3.05) is 27.2 Å².